The molecule has 1 aromatic carbocycles. The van der Waals surface area contributed by atoms with Crippen molar-refractivity contribution in [2.75, 3.05) is 0 Å². The zero-order valence-electron chi connectivity index (χ0n) is 10.5. The van der Waals surface area contributed by atoms with Crippen LogP contribution in [-0.2, 0) is 13.0 Å². The molecule has 1 unspecified atom stereocenters. The number of halogens is 1. The van der Waals surface area contributed by atoms with Crippen molar-refractivity contribution in [3.8, 4) is 0 Å². The van der Waals surface area contributed by atoms with Crippen molar-refractivity contribution in [3.05, 3.63) is 53.9 Å². The molecule has 0 aliphatic carbocycles. The summed E-state index contributed by atoms with van der Waals surface area (Å²) in [5.74, 6) is 0.744. The van der Waals surface area contributed by atoms with E-state index in [-0.39, 0.29) is 11.9 Å². The van der Waals surface area contributed by atoms with E-state index in [0.29, 0.717) is 6.54 Å². The van der Waals surface area contributed by atoms with Crippen molar-refractivity contribution in [2.45, 2.75) is 32.4 Å². The third-order valence-electron chi connectivity index (χ3n) is 3.01. The fraction of sp³-hybridized carbons (Fsp3) is 0.357. The second-order valence-electron chi connectivity index (χ2n) is 4.47. The average Bonchev–Trinajstić information content (AvgIpc) is 2.76. The number of hydrogen-bond acceptors (Lipinski definition) is 2. The van der Waals surface area contributed by atoms with Gasteiger partial charge >= 0.3 is 0 Å². The number of aromatic nitrogens is 2. The zero-order chi connectivity index (χ0) is 13.0. The first kappa shape index (κ1) is 12.8. The fourth-order valence-corrected chi connectivity index (χ4v) is 1.88. The van der Waals surface area contributed by atoms with Crippen molar-refractivity contribution >= 4 is 0 Å². The first-order valence-electron chi connectivity index (χ1n) is 6.19. The molecule has 0 fully saturated rings. The summed E-state index contributed by atoms with van der Waals surface area (Å²) in [4.78, 5) is 4.31. The van der Waals surface area contributed by atoms with Crippen molar-refractivity contribution in [3.63, 3.8) is 0 Å². The van der Waals surface area contributed by atoms with E-state index in [1.54, 1.807) is 18.3 Å². The van der Waals surface area contributed by atoms with Crippen LogP contribution in [0.4, 0.5) is 4.39 Å². The van der Waals surface area contributed by atoms with Gasteiger partial charge in [0.2, 0.25) is 0 Å². The van der Waals surface area contributed by atoms with E-state index >= 15 is 0 Å². The number of nitrogens with two attached hydrogens (primary N) is 1. The minimum atomic E-state index is -0.209. The monoisotopic (exact) mass is 247 g/mol. The Kier molecular flexibility index (Phi) is 4.10. The Morgan fingerprint density at radius 1 is 1.44 bits per heavy atom. The summed E-state index contributed by atoms with van der Waals surface area (Å²) in [7, 11) is 0. The molecule has 1 heterocycles. The zero-order valence-corrected chi connectivity index (χ0v) is 10.5. The molecule has 0 spiro atoms. The average molecular weight is 247 g/mol. The molecule has 2 rings (SSSR count). The maximum absolute atomic E-state index is 13.1. The van der Waals surface area contributed by atoms with Crippen LogP contribution in [0.25, 0.3) is 0 Å². The summed E-state index contributed by atoms with van der Waals surface area (Å²) >= 11 is 0. The molecule has 2 aromatic rings. The summed E-state index contributed by atoms with van der Waals surface area (Å²) in [5, 5.41) is 0. The highest BCUT2D eigenvalue weighted by Crippen LogP contribution is 2.09. The van der Waals surface area contributed by atoms with Gasteiger partial charge in [-0.05, 0) is 24.1 Å². The normalized spacial score (nSPS) is 12.6. The van der Waals surface area contributed by atoms with Crippen molar-refractivity contribution in [1.29, 1.82) is 0 Å². The highest BCUT2D eigenvalue weighted by Gasteiger charge is 2.08. The van der Waals surface area contributed by atoms with Crippen LogP contribution in [0.2, 0.25) is 0 Å². The summed E-state index contributed by atoms with van der Waals surface area (Å²) < 4.78 is 15.1. The Morgan fingerprint density at radius 3 is 3.00 bits per heavy atom. The van der Waals surface area contributed by atoms with E-state index in [2.05, 4.69) is 11.9 Å². The molecule has 1 aromatic heterocycles. The molecule has 0 aliphatic heterocycles. The number of benzene rings is 1. The summed E-state index contributed by atoms with van der Waals surface area (Å²) in [5.41, 5.74) is 6.87. The van der Waals surface area contributed by atoms with Gasteiger partial charge in [0.1, 0.15) is 11.6 Å². The maximum atomic E-state index is 13.1. The van der Waals surface area contributed by atoms with Gasteiger partial charge in [-0.2, -0.15) is 0 Å². The van der Waals surface area contributed by atoms with Gasteiger partial charge < -0.3 is 10.3 Å². The van der Waals surface area contributed by atoms with Gasteiger partial charge in [0, 0.05) is 31.4 Å². The van der Waals surface area contributed by atoms with E-state index in [9.17, 15) is 4.39 Å². The Hall–Kier alpha value is -1.68. The van der Waals surface area contributed by atoms with Crippen LogP contribution < -0.4 is 5.73 Å². The van der Waals surface area contributed by atoms with Crippen LogP contribution in [0.1, 0.15) is 24.7 Å². The van der Waals surface area contributed by atoms with Crippen LogP contribution >= 0.6 is 0 Å². The van der Waals surface area contributed by atoms with Gasteiger partial charge in [-0.15, -0.1) is 0 Å². The minimum absolute atomic E-state index is 0.124. The van der Waals surface area contributed by atoms with Gasteiger partial charge in [-0.25, -0.2) is 9.37 Å². The van der Waals surface area contributed by atoms with Gasteiger partial charge in [0.25, 0.3) is 0 Å². The smallest absolute Gasteiger partial charge is 0.123 e. The van der Waals surface area contributed by atoms with E-state index in [1.165, 1.54) is 6.07 Å². The van der Waals surface area contributed by atoms with Crippen molar-refractivity contribution < 1.29 is 4.39 Å². The third kappa shape index (κ3) is 3.17. The molecule has 18 heavy (non-hydrogen) atoms. The molecule has 2 N–H and O–H groups in total. The molecule has 3 nitrogen and oxygen atoms in total. The number of nitrogens with zero attached hydrogens (tertiary/aromatic N) is 2. The van der Waals surface area contributed by atoms with Gasteiger partial charge in [-0.3, -0.25) is 0 Å². The summed E-state index contributed by atoms with van der Waals surface area (Å²) in [6.07, 6.45) is 5.34. The van der Waals surface area contributed by atoms with Crippen LogP contribution in [0.3, 0.4) is 0 Å². The highest BCUT2D eigenvalue weighted by atomic mass is 19.1. The predicted octanol–water partition coefficient (Wildman–Crippen LogP) is 2.35. The van der Waals surface area contributed by atoms with Crippen molar-refractivity contribution in [2.24, 2.45) is 5.73 Å². The molecule has 4 heteroatoms. The van der Waals surface area contributed by atoms with Crippen LogP contribution in [0.15, 0.2) is 36.7 Å². The van der Waals surface area contributed by atoms with E-state index < -0.39 is 0 Å². The summed E-state index contributed by atoms with van der Waals surface area (Å²) in [6, 6.07) is 6.75. The predicted molar refractivity (Wildman–Crippen MR) is 69.7 cm³/mol. The topological polar surface area (TPSA) is 43.8 Å². The SMILES string of the molecule is CCC(N)Cc1nccn1Cc1cccc(F)c1. The first-order chi connectivity index (χ1) is 8.69. The number of imidazole rings is 1. The largest absolute Gasteiger partial charge is 0.330 e. The molecular formula is C14H18FN3. The molecular weight excluding hydrogens is 229 g/mol. The van der Waals surface area contributed by atoms with E-state index in [1.807, 2.05) is 16.8 Å². The summed E-state index contributed by atoms with van der Waals surface area (Å²) in [6.45, 7) is 2.69. The van der Waals surface area contributed by atoms with E-state index in [4.69, 9.17) is 5.73 Å². The lowest BCUT2D eigenvalue weighted by Crippen LogP contribution is -2.23. The lowest BCUT2D eigenvalue weighted by Gasteiger charge is -2.11. The maximum Gasteiger partial charge on any atom is 0.123 e. The quantitative estimate of drug-likeness (QED) is 0.881. The van der Waals surface area contributed by atoms with Gasteiger partial charge in [0.15, 0.2) is 0 Å². The lowest BCUT2D eigenvalue weighted by atomic mass is 10.1. The Morgan fingerprint density at radius 2 is 2.28 bits per heavy atom. The molecule has 0 saturated carbocycles. The fourth-order valence-electron chi connectivity index (χ4n) is 1.88. The van der Waals surface area contributed by atoms with Crippen molar-refractivity contribution in [1.82, 2.24) is 9.55 Å². The number of rotatable bonds is 5. The molecule has 0 saturated heterocycles. The van der Waals surface area contributed by atoms with E-state index in [0.717, 1.165) is 24.2 Å². The Balaban J connectivity index is 2.12. The first-order valence-corrected chi connectivity index (χ1v) is 6.19. The Bertz CT molecular complexity index is 507. The van der Waals surface area contributed by atoms with Crippen LogP contribution in [0.5, 0.6) is 0 Å². The molecule has 0 radical (unpaired) electrons. The minimum Gasteiger partial charge on any atom is -0.330 e. The van der Waals surface area contributed by atoms with Crippen LogP contribution in [0, 0.1) is 5.82 Å². The Labute approximate surface area is 106 Å². The lowest BCUT2D eigenvalue weighted by molar-refractivity contribution is 0.594. The molecule has 0 bridgehead atoms. The van der Waals surface area contributed by atoms with Crippen LogP contribution in [-0.4, -0.2) is 15.6 Å². The molecule has 96 valence electrons. The van der Waals surface area contributed by atoms with Gasteiger partial charge in [-0.1, -0.05) is 19.1 Å². The highest BCUT2D eigenvalue weighted by molar-refractivity contribution is 5.17. The molecule has 1 atom stereocenters. The second kappa shape index (κ2) is 5.78. The van der Waals surface area contributed by atoms with Gasteiger partial charge in [0.05, 0.1) is 0 Å². The second-order valence-corrected chi connectivity index (χ2v) is 4.47. The standard InChI is InChI=1S/C14H18FN3/c1-2-13(16)9-14-17-6-7-18(14)10-11-4-3-5-12(15)8-11/h3-8,13H,2,9-10,16H2,1H3. The molecule has 0 amide bonds. The third-order valence-corrected chi connectivity index (χ3v) is 3.01. The number of hydrogen-bond donors (Lipinski definition) is 1. The molecule has 0 aliphatic rings.